The first kappa shape index (κ1) is 13.2. The Morgan fingerprint density at radius 3 is 2.77 bits per heavy atom. The van der Waals surface area contributed by atoms with Crippen molar-refractivity contribution in [1.29, 1.82) is 0 Å². The predicted molar refractivity (Wildman–Crippen MR) is 89.2 cm³/mol. The van der Waals surface area contributed by atoms with Gasteiger partial charge in [0.25, 0.3) is 0 Å². The summed E-state index contributed by atoms with van der Waals surface area (Å²) in [5.41, 5.74) is 6.03. The van der Waals surface area contributed by atoms with Gasteiger partial charge in [-0.05, 0) is 42.9 Å². The summed E-state index contributed by atoms with van der Waals surface area (Å²) in [4.78, 5) is 0. The molecule has 112 valence electrons. The number of aromatic amines is 1. The summed E-state index contributed by atoms with van der Waals surface area (Å²) in [6.07, 6.45) is 4.87. The molecule has 0 atom stereocenters. The molecule has 2 aromatic rings. The highest BCUT2D eigenvalue weighted by atomic mass is 15.2. The molecule has 4 heteroatoms. The summed E-state index contributed by atoms with van der Waals surface area (Å²) in [6, 6.07) is 12.3. The fraction of sp³-hybridized carbons (Fsp3) is 0.278. The molecule has 4 nitrogen and oxygen atoms in total. The second kappa shape index (κ2) is 5.37. The SMILES string of the molecule is CC1=C(Nc2cc(-c3ccccc3)[nH]n2)C=C(C2CC2)NC1. The van der Waals surface area contributed by atoms with Gasteiger partial charge in [-0.25, -0.2) is 0 Å². The van der Waals surface area contributed by atoms with E-state index in [0.717, 1.165) is 29.5 Å². The summed E-state index contributed by atoms with van der Waals surface area (Å²) < 4.78 is 0. The molecule has 0 amide bonds. The molecule has 2 aliphatic rings. The highest BCUT2D eigenvalue weighted by molar-refractivity contribution is 5.64. The van der Waals surface area contributed by atoms with Crippen LogP contribution in [0.25, 0.3) is 11.3 Å². The largest absolute Gasteiger partial charge is 0.384 e. The van der Waals surface area contributed by atoms with Crippen molar-refractivity contribution in [2.75, 3.05) is 11.9 Å². The number of H-pyrrole nitrogens is 1. The van der Waals surface area contributed by atoms with Crippen molar-refractivity contribution in [3.8, 4) is 11.3 Å². The molecule has 0 unspecified atom stereocenters. The van der Waals surface area contributed by atoms with Gasteiger partial charge in [-0.15, -0.1) is 0 Å². The Labute approximate surface area is 130 Å². The van der Waals surface area contributed by atoms with Gasteiger partial charge >= 0.3 is 0 Å². The summed E-state index contributed by atoms with van der Waals surface area (Å²) in [5, 5.41) is 14.5. The van der Waals surface area contributed by atoms with Gasteiger partial charge in [0, 0.05) is 24.0 Å². The minimum atomic E-state index is 0.740. The maximum atomic E-state index is 4.39. The molecule has 1 aliphatic heterocycles. The Kier molecular flexibility index (Phi) is 3.22. The van der Waals surface area contributed by atoms with Gasteiger partial charge in [-0.3, -0.25) is 5.10 Å². The normalized spacial score (nSPS) is 18.0. The molecule has 0 spiro atoms. The zero-order valence-electron chi connectivity index (χ0n) is 12.7. The molecule has 0 bridgehead atoms. The molecular formula is C18H20N4. The number of benzene rings is 1. The number of dihydropyridines is 1. The van der Waals surface area contributed by atoms with Crippen LogP contribution in [0, 0.1) is 5.92 Å². The highest BCUT2D eigenvalue weighted by Gasteiger charge is 2.27. The molecule has 1 fully saturated rings. The third-order valence-corrected chi connectivity index (χ3v) is 4.26. The fourth-order valence-electron chi connectivity index (χ4n) is 2.75. The van der Waals surface area contributed by atoms with E-state index >= 15 is 0 Å². The quantitative estimate of drug-likeness (QED) is 0.806. The third-order valence-electron chi connectivity index (χ3n) is 4.26. The Morgan fingerprint density at radius 2 is 2.00 bits per heavy atom. The molecular weight excluding hydrogens is 272 g/mol. The maximum Gasteiger partial charge on any atom is 0.152 e. The van der Waals surface area contributed by atoms with E-state index < -0.39 is 0 Å². The van der Waals surface area contributed by atoms with Crippen LogP contribution in [-0.4, -0.2) is 16.7 Å². The number of allylic oxidation sites excluding steroid dienone is 2. The summed E-state index contributed by atoms with van der Waals surface area (Å²) in [5.74, 6) is 1.60. The van der Waals surface area contributed by atoms with Crippen LogP contribution in [0.15, 0.2) is 59.4 Å². The van der Waals surface area contributed by atoms with Gasteiger partial charge in [0.05, 0.1) is 5.69 Å². The van der Waals surface area contributed by atoms with Gasteiger partial charge < -0.3 is 10.6 Å². The van der Waals surface area contributed by atoms with Gasteiger partial charge in [-0.2, -0.15) is 5.10 Å². The van der Waals surface area contributed by atoms with Crippen molar-refractivity contribution in [2.45, 2.75) is 19.8 Å². The van der Waals surface area contributed by atoms with Crippen molar-refractivity contribution in [3.05, 3.63) is 59.4 Å². The van der Waals surface area contributed by atoms with Gasteiger partial charge in [0.15, 0.2) is 5.82 Å². The average molecular weight is 292 g/mol. The van der Waals surface area contributed by atoms with E-state index in [9.17, 15) is 0 Å². The zero-order valence-corrected chi connectivity index (χ0v) is 12.7. The van der Waals surface area contributed by atoms with Crippen molar-refractivity contribution < 1.29 is 0 Å². The van der Waals surface area contributed by atoms with Crippen molar-refractivity contribution in [2.24, 2.45) is 5.92 Å². The first-order chi connectivity index (χ1) is 10.8. The van der Waals surface area contributed by atoms with Gasteiger partial charge in [0.1, 0.15) is 0 Å². The van der Waals surface area contributed by atoms with Crippen LogP contribution >= 0.6 is 0 Å². The zero-order chi connectivity index (χ0) is 14.9. The second-order valence-electron chi connectivity index (χ2n) is 6.08. The number of anilines is 1. The molecule has 22 heavy (non-hydrogen) atoms. The molecule has 2 heterocycles. The average Bonchev–Trinajstić information content (AvgIpc) is 3.30. The molecule has 4 rings (SSSR count). The van der Waals surface area contributed by atoms with E-state index in [1.807, 2.05) is 18.2 Å². The van der Waals surface area contributed by atoms with Crippen molar-refractivity contribution >= 4 is 5.82 Å². The molecule has 1 saturated carbocycles. The maximum absolute atomic E-state index is 4.39. The topological polar surface area (TPSA) is 52.7 Å². The second-order valence-corrected chi connectivity index (χ2v) is 6.08. The Bertz CT molecular complexity index is 735. The lowest BCUT2D eigenvalue weighted by Gasteiger charge is -2.20. The molecule has 3 N–H and O–H groups in total. The summed E-state index contributed by atoms with van der Waals surface area (Å²) in [6.45, 7) is 3.07. The van der Waals surface area contributed by atoms with E-state index in [4.69, 9.17) is 0 Å². The number of hydrogen-bond donors (Lipinski definition) is 3. The fourth-order valence-corrected chi connectivity index (χ4v) is 2.75. The van der Waals surface area contributed by atoms with E-state index in [2.05, 4.69) is 52.0 Å². The predicted octanol–water partition coefficient (Wildman–Crippen LogP) is 3.66. The number of nitrogens with zero attached hydrogens (tertiary/aromatic N) is 1. The minimum Gasteiger partial charge on any atom is -0.384 e. The lowest BCUT2D eigenvalue weighted by Crippen LogP contribution is -2.24. The standard InChI is InChI=1S/C18H20N4/c1-12-11-19-16(14-7-8-14)9-15(12)20-18-10-17(21-22-18)13-5-3-2-4-6-13/h2-6,9-10,14,19H,7-8,11H2,1H3,(H2,20,21,22). The molecule has 0 radical (unpaired) electrons. The smallest absolute Gasteiger partial charge is 0.152 e. The van der Waals surface area contributed by atoms with Crippen LogP contribution in [0.2, 0.25) is 0 Å². The van der Waals surface area contributed by atoms with Crippen LogP contribution in [0.3, 0.4) is 0 Å². The Hall–Kier alpha value is -2.49. The first-order valence-electron chi connectivity index (χ1n) is 7.82. The molecule has 1 aromatic heterocycles. The van der Waals surface area contributed by atoms with Crippen LogP contribution < -0.4 is 10.6 Å². The summed E-state index contributed by atoms with van der Waals surface area (Å²) >= 11 is 0. The molecule has 1 aromatic carbocycles. The van der Waals surface area contributed by atoms with E-state index in [-0.39, 0.29) is 0 Å². The van der Waals surface area contributed by atoms with Gasteiger partial charge in [0.2, 0.25) is 0 Å². The van der Waals surface area contributed by atoms with E-state index in [0.29, 0.717) is 0 Å². The van der Waals surface area contributed by atoms with Gasteiger partial charge in [-0.1, -0.05) is 30.3 Å². The van der Waals surface area contributed by atoms with Crippen LogP contribution in [0.4, 0.5) is 5.82 Å². The van der Waals surface area contributed by atoms with Crippen molar-refractivity contribution in [3.63, 3.8) is 0 Å². The lowest BCUT2D eigenvalue weighted by atomic mass is 10.1. The number of aromatic nitrogens is 2. The first-order valence-corrected chi connectivity index (χ1v) is 7.82. The Balaban J connectivity index is 1.55. The van der Waals surface area contributed by atoms with Crippen molar-refractivity contribution in [1.82, 2.24) is 15.5 Å². The van der Waals surface area contributed by atoms with E-state index in [1.165, 1.54) is 29.8 Å². The number of rotatable bonds is 4. The number of nitrogens with one attached hydrogen (secondary N) is 3. The van der Waals surface area contributed by atoms with Crippen LogP contribution in [-0.2, 0) is 0 Å². The van der Waals surface area contributed by atoms with E-state index in [1.54, 1.807) is 0 Å². The summed E-state index contributed by atoms with van der Waals surface area (Å²) in [7, 11) is 0. The lowest BCUT2D eigenvalue weighted by molar-refractivity contribution is 0.762. The van der Waals surface area contributed by atoms with Crippen LogP contribution in [0.1, 0.15) is 19.8 Å². The molecule has 0 saturated heterocycles. The van der Waals surface area contributed by atoms with Crippen LogP contribution in [0.5, 0.6) is 0 Å². The third kappa shape index (κ3) is 2.64. The minimum absolute atomic E-state index is 0.740. The molecule has 1 aliphatic carbocycles. The number of hydrogen-bond acceptors (Lipinski definition) is 3. The monoisotopic (exact) mass is 292 g/mol. The highest BCUT2D eigenvalue weighted by Crippen LogP contribution is 2.37. The Morgan fingerprint density at radius 1 is 1.18 bits per heavy atom.